The molecule has 1 aromatic rings. The van der Waals surface area contributed by atoms with Gasteiger partial charge in [-0.05, 0) is 13.8 Å². The zero-order valence-electron chi connectivity index (χ0n) is 10.4. The van der Waals surface area contributed by atoms with Gasteiger partial charge in [-0.2, -0.15) is 0 Å². The molecule has 2 heterocycles. The van der Waals surface area contributed by atoms with Crippen LogP contribution in [0.5, 0.6) is 0 Å². The highest BCUT2D eigenvalue weighted by Gasteiger charge is 2.28. The second kappa shape index (κ2) is 5.51. The molecule has 2 unspecified atom stereocenters. The minimum atomic E-state index is 0. The van der Waals surface area contributed by atoms with Crippen molar-refractivity contribution in [2.75, 3.05) is 13.1 Å². The average Bonchev–Trinajstić information content (AvgIpc) is 2.67. The van der Waals surface area contributed by atoms with E-state index in [0.29, 0.717) is 11.7 Å². The van der Waals surface area contributed by atoms with Gasteiger partial charge in [0, 0.05) is 38.4 Å². The van der Waals surface area contributed by atoms with Crippen molar-refractivity contribution in [1.29, 1.82) is 0 Å². The molecule has 1 fully saturated rings. The van der Waals surface area contributed by atoms with Gasteiger partial charge in [0.05, 0.1) is 6.33 Å². The largest absolute Gasteiger partial charge is 0.340 e. The van der Waals surface area contributed by atoms with Gasteiger partial charge in [0.15, 0.2) is 0 Å². The Balaban J connectivity index is 0.00000144. The van der Waals surface area contributed by atoms with E-state index in [2.05, 4.69) is 24.1 Å². The van der Waals surface area contributed by atoms with Gasteiger partial charge < -0.3 is 14.8 Å². The second-order valence-electron chi connectivity index (χ2n) is 4.54. The summed E-state index contributed by atoms with van der Waals surface area (Å²) < 4.78 is 1.80. The molecule has 1 amide bonds. The van der Waals surface area contributed by atoms with E-state index in [0.717, 1.165) is 13.1 Å². The van der Waals surface area contributed by atoms with E-state index in [9.17, 15) is 4.79 Å². The van der Waals surface area contributed by atoms with Crippen molar-refractivity contribution >= 4 is 18.3 Å². The van der Waals surface area contributed by atoms with Crippen molar-refractivity contribution in [2.24, 2.45) is 7.05 Å². The Bertz CT molecular complexity index is 393. The number of piperazine rings is 1. The molecule has 0 spiro atoms. The Labute approximate surface area is 108 Å². The third-order valence-corrected chi connectivity index (χ3v) is 2.95. The van der Waals surface area contributed by atoms with Crippen molar-refractivity contribution in [3.8, 4) is 0 Å². The van der Waals surface area contributed by atoms with Crippen molar-refractivity contribution in [3.63, 3.8) is 0 Å². The van der Waals surface area contributed by atoms with E-state index < -0.39 is 0 Å². The maximum absolute atomic E-state index is 12.2. The fourth-order valence-electron chi connectivity index (χ4n) is 1.97. The number of carbonyl (C=O) groups is 1. The van der Waals surface area contributed by atoms with Crippen LogP contribution >= 0.6 is 12.4 Å². The zero-order chi connectivity index (χ0) is 11.7. The molecule has 1 saturated heterocycles. The SMILES string of the molecule is CC1CN(C(=O)c2cn(C)cn2)C(C)CN1.Cl. The van der Waals surface area contributed by atoms with Gasteiger partial charge in [0.25, 0.3) is 5.91 Å². The lowest BCUT2D eigenvalue weighted by Crippen LogP contribution is -2.56. The van der Waals surface area contributed by atoms with Crippen LogP contribution in [0.1, 0.15) is 24.3 Å². The minimum absolute atomic E-state index is 0. The van der Waals surface area contributed by atoms with E-state index in [1.165, 1.54) is 0 Å². The first-order valence-electron chi connectivity index (χ1n) is 5.60. The summed E-state index contributed by atoms with van der Waals surface area (Å²) in [6.45, 7) is 5.74. The van der Waals surface area contributed by atoms with Crippen molar-refractivity contribution in [2.45, 2.75) is 25.9 Å². The number of hydrogen-bond acceptors (Lipinski definition) is 3. The van der Waals surface area contributed by atoms with Gasteiger partial charge in [-0.3, -0.25) is 4.79 Å². The molecule has 1 aromatic heterocycles. The average molecular weight is 259 g/mol. The molecule has 0 radical (unpaired) electrons. The van der Waals surface area contributed by atoms with E-state index in [-0.39, 0.29) is 24.4 Å². The van der Waals surface area contributed by atoms with Crippen LogP contribution in [0.2, 0.25) is 0 Å². The standard InChI is InChI=1S/C11H18N4O.ClH/c1-8-5-15(9(2)4-12-8)11(16)10-6-14(3)7-13-10;/h6-9,12H,4-5H2,1-3H3;1H. The molecule has 0 bridgehead atoms. The number of carbonyl (C=O) groups excluding carboxylic acids is 1. The molecule has 1 aliphatic rings. The number of hydrogen-bond donors (Lipinski definition) is 1. The molecule has 0 aromatic carbocycles. The van der Waals surface area contributed by atoms with Crippen molar-refractivity contribution in [1.82, 2.24) is 19.8 Å². The van der Waals surface area contributed by atoms with Gasteiger partial charge in [-0.1, -0.05) is 0 Å². The number of rotatable bonds is 1. The molecule has 6 heteroatoms. The van der Waals surface area contributed by atoms with Crippen LogP contribution < -0.4 is 5.32 Å². The number of nitrogens with zero attached hydrogens (tertiary/aromatic N) is 3. The summed E-state index contributed by atoms with van der Waals surface area (Å²) >= 11 is 0. The van der Waals surface area contributed by atoms with E-state index in [4.69, 9.17) is 0 Å². The summed E-state index contributed by atoms with van der Waals surface area (Å²) in [4.78, 5) is 18.2. The summed E-state index contributed by atoms with van der Waals surface area (Å²) in [5.41, 5.74) is 0.531. The molecule has 1 aliphatic heterocycles. The molecule has 96 valence electrons. The topological polar surface area (TPSA) is 50.2 Å². The Morgan fingerprint density at radius 3 is 2.82 bits per heavy atom. The van der Waals surface area contributed by atoms with Gasteiger partial charge in [-0.15, -0.1) is 12.4 Å². The van der Waals surface area contributed by atoms with Gasteiger partial charge >= 0.3 is 0 Å². The molecule has 1 N–H and O–H groups in total. The number of amides is 1. The van der Waals surface area contributed by atoms with Gasteiger partial charge in [-0.25, -0.2) is 4.98 Å². The number of nitrogens with one attached hydrogen (secondary N) is 1. The molecular formula is C11H19ClN4O. The number of halogens is 1. The predicted molar refractivity (Wildman–Crippen MR) is 68.4 cm³/mol. The van der Waals surface area contributed by atoms with Crippen LogP contribution in [0.25, 0.3) is 0 Å². The number of aryl methyl sites for hydroxylation is 1. The Morgan fingerprint density at radius 2 is 2.24 bits per heavy atom. The van der Waals surface area contributed by atoms with E-state index in [1.54, 1.807) is 17.1 Å². The van der Waals surface area contributed by atoms with E-state index >= 15 is 0 Å². The van der Waals surface area contributed by atoms with Crippen molar-refractivity contribution in [3.05, 3.63) is 18.2 Å². The van der Waals surface area contributed by atoms with E-state index in [1.807, 2.05) is 11.9 Å². The highest BCUT2D eigenvalue weighted by molar-refractivity contribution is 5.92. The maximum Gasteiger partial charge on any atom is 0.274 e. The molecule has 0 aliphatic carbocycles. The van der Waals surface area contributed by atoms with Crippen LogP contribution in [-0.2, 0) is 7.05 Å². The van der Waals surface area contributed by atoms with Crippen molar-refractivity contribution < 1.29 is 4.79 Å². The smallest absolute Gasteiger partial charge is 0.274 e. The second-order valence-corrected chi connectivity index (χ2v) is 4.54. The lowest BCUT2D eigenvalue weighted by Gasteiger charge is -2.37. The Morgan fingerprint density at radius 1 is 1.53 bits per heavy atom. The third kappa shape index (κ3) is 2.98. The zero-order valence-corrected chi connectivity index (χ0v) is 11.2. The molecule has 2 atom stereocenters. The first-order valence-corrected chi connectivity index (χ1v) is 5.60. The quantitative estimate of drug-likeness (QED) is 0.805. The summed E-state index contributed by atoms with van der Waals surface area (Å²) in [6, 6.07) is 0.578. The molecule has 2 rings (SSSR count). The number of imidazole rings is 1. The summed E-state index contributed by atoms with van der Waals surface area (Å²) in [5, 5.41) is 3.35. The Hall–Kier alpha value is -1.07. The predicted octanol–water partition coefficient (Wildman–Crippen LogP) is 0.664. The van der Waals surface area contributed by atoms with Crippen LogP contribution in [0.3, 0.4) is 0 Å². The van der Waals surface area contributed by atoms with Crippen LogP contribution in [-0.4, -0.2) is 45.5 Å². The molecule has 0 saturated carbocycles. The van der Waals surface area contributed by atoms with Gasteiger partial charge in [0.2, 0.25) is 0 Å². The lowest BCUT2D eigenvalue weighted by molar-refractivity contribution is 0.0610. The third-order valence-electron chi connectivity index (χ3n) is 2.95. The van der Waals surface area contributed by atoms with Gasteiger partial charge in [0.1, 0.15) is 5.69 Å². The minimum Gasteiger partial charge on any atom is -0.340 e. The highest BCUT2D eigenvalue weighted by Crippen LogP contribution is 2.10. The van der Waals surface area contributed by atoms with Crippen LogP contribution in [0, 0.1) is 0 Å². The first kappa shape index (κ1) is 14.0. The van der Waals surface area contributed by atoms with Crippen LogP contribution in [0.15, 0.2) is 12.5 Å². The first-order chi connectivity index (χ1) is 7.58. The molecule has 5 nitrogen and oxygen atoms in total. The normalized spacial score (nSPS) is 24.3. The highest BCUT2D eigenvalue weighted by atomic mass is 35.5. The maximum atomic E-state index is 12.2. The summed E-state index contributed by atoms with van der Waals surface area (Å²) in [5.74, 6) is 0.0291. The summed E-state index contributed by atoms with van der Waals surface area (Å²) in [7, 11) is 1.87. The molecule has 17 heavy (non-hydrogen) atoms. The summed E-state index contributed by atoms with van der Waals surface area (Å²) in [6.07, 6.45) is 3.42. The fourth-order valence-corrected chi connectivity index (χ4v) is 1.97. The number of aromatic nitrogens is 2. The monoisotopic (exact) mass is 258 g/mol. The Kier molecular flexibility index (Phi) is 4.54. The fraction of sp³-hybridized carbons (Fsp3) is 0.636. The lowest BCUT2D eigenvalue weighted by atomic mass is 10.1. The van der Waals surface area contributed by atoms with Crippen LogP contribution in [0.4, 0.5) is 0 Å². The molecular weight excluding hydrogens is 240 g/mol.